The standard InChI is InChI=1S/C13H15Br2N/c14-10-2-1-3-11(15)13(10)16-12(8-4-5-8)9-6-7-9/h1-3,8-9,12,16H,4-7H2. The Kier molecular flexibility index (Phi) is 3.01. The second-order valence-electron chi connectivity index (χ2n) is 4.94. The van der Waals surface area contributed by atoms with Crippen LogP contribution < -0.4 is 5.32 Å². The molecule has 0 spiro atoms. The Labute approximate surface area is 113 Å². The van der Waals surface area contributed by atoms with E-state index in [1.807, 2.05) is 0 Å². The van der Waals surface area contributed by atoms with Crippen LogP contribution in [0.5, 0.6) is 0 Å². The highest BCUT2D eigenvalue weighted by atomic mass is 79.9. The molecule has 1 N–H and O–H groups in total. The molecule has 2 aliphatic carbocycles. The zero-order chi connectivity index (χ0) is 11.1. The van der Waals surface area contributed by atoms with Crippen LogP contribution in [0.1, 0.15) is 25.7 Å². The van der Waals surface area contributed by atoms with E-state index in [2.05, 4.69) is 55.4 Å². The summed E-state index contributed by atoms with van der Waals surface area (Å²) in [6.45, 7) is 0. The van der Waals surface area contributed by atoms with Gasteiger partial charge in [0, 0.05) is 15.0 Å². The Balaban J connectivity index is 1.81. The Morgan fingerprint density at radius 3 is 1.94 bits per heavy atom. The zero-order valence-corrected chi connectivity index (χ0v) is 12.2. The van der Waals surface area contributed by atoms with Gasteiger partial charge in [0.15, 0.2) is 0 Å². The Morgan fingerprint density at radius 2 is 1.50 bits per heavy atom. The van der Waals surface area contributed by atoms with Crippen LogP contribution in [0, 0.1) is 11.8 Å². The predicted octanol–water partition coefficient (Wildman–Crippen LogP) is 4.81. The van der Waals surface area contributed by atoms with Gasteiger partial charge in [0.05, 0.1) is 5.69 Å². The van der Waals surface area contributed by atoms with E-state index in [9.17, 15) is 0 Å². The van der Waals surface area contributed by atoms with Crippen molar-refractivity contribution in [1.29, 1.82) is 0 Å². The Bertz CT molecular complexity index is 365. The van der Waals surface area contributed by atoms with Crippen molar-refractivity contribution >= 4 is 37.5 Å². The summed E-state index contributed by atoms with van der Waals surface area (Å²) < 4.78 is 2.32. The number of halogens is 2. The first-order valence-corrected chi connectivity index (χ1v) is 7.55. The third kappa shape index (κ3) is 2.30. The van der Waals surface area contributed by atoms with E-state index in [1.54, 1.807) is 0 Å². The normalized spacial score (nSPS) is 20.2. The third-order valence-corrected chi connectivity index (χ3v) is 4.86. The lowest BCUT2D eigenvalue weighted by Gasteiger charge is -2.21. The van der Waals surface area contributed by atoms with Crippen molar-refractivity contribution in [1.82, 2.24) is 0 Å². The maximum atomic E-state index is 3.75. The van der Waals surface area contributed by atoms with Gasteiger partial charge < -0.3 is 5.32 Å². The summed E-state index contributed by atoms with van der Waals surface area (Å²) >= 11 is 7.24. The van der Waals surface area contributed by atoms with Crippen molar-refractivity contribution in [3.8, 4) is 0 Å². The maximum absolute atomic E-state index is 3.75. The first-order valence-electron chi connectivity index (χ1n) is 5.96. The fraction of sp³-hybridized carbons (Fsp3) is 0.538. The maximum Gasteiger partial charge on any atom is 0.0631 e. The summed E-state index contributed by atoms with van der Waals surface area (Å²) in [5, 5.41) is 3.75. The van der Waals surface area contributed by atoms with Gasteiger partial charge in [-0.1, -0.05) is 6.07 Å². The smallest absolute Gasteiger partial charge is 0.0631 e. The van der Waals surface area contributed by atoms with Gasteiger partial charge in [-0.3, -0.25) is 0 Å². The van der Waals surface area contributed by atoms with Gasteiger partial charge >= 0.3 is 0 Å². The minimum atomic E-state index is 0.704. The molecule has 0 unspecified atom stereocenters. The summed E-state index contributed by atoms with van der Waals surface area (Å²) in [5.41, 5.74) is 1.23. The fourth-order valence-electron chi connectivity index (χ4n) is 2.33. The molecule has 1 aromatic rings. The summed E-state index contributed by atoms with van der Waals surface area (Å²) in [7, 11) is 0. The molecule has 0 amide bonds. The van der Waals surface area contributed by atoms with E-state index in [1.165, 1.54) is 31.4 Å². The lowest BCUT2D eigenvalue weighted by molar-refractivity contribution is 0.567. The average Bonchev–Trinajstić information content (AvgIpc) is 3.12. The number of nitrogens with one attached hydrogen (secondary N) is 1. The van der Waals surface area contributed by atoms with Crippen LogP contribution in [-0.2, 0) is 0 Å². The van der Waals surface area contributed by atoms with Gasteiger partial charge in [-0.15, -0.1) is 0 Å². The molecule has 2 aliphatic rings. The van der Waals surface area contributed by atoms with Crippen LogP contribution in [0.3, 0.4) is 0 Å². The van der Waals surface area contributed by atoms with Crippen molar-refractivity contribution in [2.45, 2.75) is 31.7 Å². The van der Waals surface area contributed by atoms with E-state index >= 15 is 0 Å². The van der Waals surface area contributed by atoms with Gasteiger partial charge in [-0.25, -0.2) is 0 Å². The molecule has 0 aliphatic heterocycles. The molecule has 0 radical (unpaired) electrons. The Morgan fingerprint density at radius 1 is 1.00 bits per heavy atom. The summed E-state index contributed by atoms with van der Waals surface area (Å²) in [6, 6.07) is 6.96. The van der Waals surface area contributed by atoms with E-state index in [4.69, 9.17) is 0 Å². The lowest BCUT2D eigenvalue weighted by atomic mass is 10.1. The number of benzene rings is 1. The Hall–Kier alpha value is -0.0200. The summed E-state index contributed by atoms with van der Waals surface area (Å²) in [5.74, 6) is 1.85. The van der Waals surface area contributed by atoms with Crippen molar-refractivity contribution in [3.05, 3.63) is 27.1 Å². The molecule has 0 bridgehead atoms. The van der Waals surface area contributed by atoms with Crippen LogP contribution in [0.2, 0.25) is 0 Å². The molecule has 86 valence electrons. The summed E-state index contributed by atoms with van der Waals surface area (Å²) in [6.07, 6.45) is 5.65. The molecule has 1 nitrogen and oxygen atoms in total. The second kappa shape index (κ2) is 4.34. The molecule has 0 heterocycles. The van der Waals surface area contributed by atoms with Crippen LogP contribution in [0.4, 0.5) is 5.69 Å². The topological polar surface area (TPSA) is 12.0 Å². The van der Waals surface area contributed by atoms with Crippen molar-refractivity contribution in [2.24, 2.45) is 11.8 Å². The van der Waals surface area contributed by atoms with Gasteiger partial charge in [0.25, 0.3) is 0 Å². The highest BCUT2D eigenvalue weighted by Gasteiger charge is 2.41. The number of rotatable bonds is 4. The fourth-order valence-corrected chi connectivity index (χ4v) is 3.56. The molecule has 0 saturated heterocycles. The van der Waals surface area contributed by atoms with Gasteiger partial charge in [-0.05, 0) is 81.5 Å². The first kappa shape index (κ1) is 11.1. The minimum Gasteiger partial charge on any atom is -0.380 e. The molecule has 2 saturated carbocycles. The van der Waals surface area contributed by atoms with E-state index in [-0.39, 0.29) is 0 Å². The van der Waals surface area contributed by atoms with Crippen LogP contribution in [-0.4, -0.2) is 6.04 Å². The number of para-hydroxylation sites is 1. The van der Waals surface area contributed by atoms with Gasteiger partial charge in [-0.2, -0.15) is 0 Å². The number of hydrogen-bond acceptors (Lipinski definition) is 1. The first-order chi connectivity index (χ1) is 7.75. The minimum absolute atomic E-state index is 0.704. The van der Waals surface area contributed by atoms with Crippen molar-refractivity contribution in [2.75, 3.05) is 5.32 Å². The van der Waals surface area contributed by atoms with Crippen LogP contribution in [0.25, 0.3) is 0 Å². The molecule has 0 aromatic heterocycles. The van der Waals surface area contributed by atoms with Crippen molar-refractivity contribution < 1.29 is 0 Å². The van der Waals surface area contributed by atoms with E-state index in [0.717, 1.165) is 20.8 Å². The average molecular weight is 345 g/mol. The molecule has 1 aromatic carbocycles. The van der Waals surface area contributed by atoms with E-state index in [0.29, 0.717) is 6.04 Å². The summed E-state index contributed by atoms with van der Waals surface area (Å²) in [4.78, 5) is 0. The molecule has 3 rings (SSSR count). The van der Waals surface area contributed by atoms with Gasteiger partial charge in [0.2, 0.25) is 0 Å². The molecule has 3 heteroatoms. The lowest BCUT2D eigenvalue weighted by Crippen LogP contribution is -2.24. The highest BCUT2D eigenvalue weighted by molar-refractivity contribution is 9.11. The van der Waals surface area contributed by atoms with E-state index < -0.39 is 0 Å². The largest absolute Gasteiger partial charge is 0.380 e. The zero-order valence-electron chi connectivity index (χ0n) is 9.05. The third-order valence-electron chi connectivity index (χ3n) is 3.53. The molecular formula is C13H15Br2N. The van der Waals surface area contributed by atoms with Crippen LogP contribution >= 0.6 is 31.9 Å². The molecule has 2 fully saturated rings. The SMILES string of the molecule is Brc1cccc(Br)c1NC(C1CC1)C1CC1. The molecule has 16 heavy (non-hydrogen) atoms. The second-order valence-corrected chi connectivity index (χ2v) is 6.65. The van der Waals surface area contributed by atoms with Crippen molar-refractivity contribution in [3.63, 3.8) is 0 Å². The molecule has 0 atom stereocenters. The van der Waals surface area contributed by atoms with Crippen LogP contribution in [0.15, 0.2) is 27.1 Å². The van der Waals surface area contributed by atoms with Gasteiger partial charge in [0.1, 0.15) is 0 Å². The highest BCUT2D eigenvalue weighted by Crippen LogP contribution is 2.47. The quantitative estimate of drug-likeness (QED) is 0.826. The monoisotopic (exact) mass is 343 g/mol. The predicted molar refractivity (Wildman–Crippen MR) is 74.7 cm³/mol. The number of hydrogen-bond donors (Lipinski definition) is 1. The number of anilines is 1. The molecular weight excluding hydrogens is 330 g/mol.